The van der Waals surface area contributed by atoms with E-state index < -0.39 is 0 Å². The molecule has 0 radical (unpaired) electrons. The Hall–Kier alpha value is -0.110. The molecule has 8 heavy (non-hydrogen) atoms. The van der Waals surface area contributed by atoms with Crippen LogP contribution in [0.5, 0.6) is 0 Å². The third-order valence-electron chi connectivity index (χ3n) is 0.500. The fourth-order valence-corrected chi connectivity index (χ4v) is 0. The molecule has 0 atom stereocenters. The summed E-state index contributed by atoms with van der Waals surface area (Å²) in [6.07, 6.45) is 2.64. The second kappa shape index (κ2) is 28.6. The average Bonchev–Trinajstić information content (AvgIpc) is 1.69. The van der Waals surface area contributed by atoms with Gasteiger partial charge in [-0.1, -0.05) is 26.7 Å². The summed E-state index contributed by atoms with van der Waals surface area (Å²) in [5.41, 5.74) is 0. The molecule has 0 aromatic carbocycles. The fourth-order valence-electron chi connectivity index (χ4n) is 0. The van der Waals surface area contributed by atoms with Crippen LogP contribution >= 0.6 is 0 Å². The zero-order chi connectivity index (χ0) is 6.12. The summed E-state index contributed by atoms with van der Waals surface area (Å²) >= 11 is 0. The first kappa shape index (κ1) is 15.7. The van der Waals surface area contributed by atoms with Crippen LogP contribution in [-0.2, 0) is 4.74 Å². The quantitative estimate of drug-likeness (QED) is 0.520. The van der Waals surface area contributed by atoms with Gasteiger partial charge >= 0.3 is 0 Å². The number of hydrogen-bond donors (Lipinski definition) is 0. The summed E-state index contributed by atoms with van der Waals surface area (Å²) in [7, 11) is 3.25. The van der Waals surface area contributed by atoms with Gasteiger partial charge in [-0.05, 0) is 0 Å². The zero-order valence-corrected chi connectivity index (χ0v) is 6.23. The molecule has 0 aliphatic heterocycles. The second-order valence-corrected chi connectivity index (χ2v) is 1.41. The van der Waals surface area contributed by atoms with E-state index in [2.05, 4.69) is 18.6 Å². The molecule has 0 aliphatic rings. The highest BCUT2D eigenvalue weighted by Crippen LogP contribution is 1.76. The number of hydrogen-bond acceptors (Lipinski definition) is 1. The lowest BCUT2D eigenvalue weighted by molar-refractivity contribution is 0.277. The third-order valence-corrected chi connectivity index (χ3v) is 0.500. The predicted octanol–water partition coefficient (Wildman–Crippen LogP) is 2.22. The Morgan fingerprint density at radius 2 is 1.12 bits per heavy atom. The number of rotatable bonds is 1. The fraction of sp³-hybridized carbons (Fsp3) is 1.00. The molecule has 2 heteroatoms. The van der Waals surface area contributed by atoms with E-state index in [1.54, 1.807) is 14.2 Å². The van der Waals surface area contributed by atoms with E-state index in [9.17, 15) is 0 Å². The van der Waals surface area contributed by atoms with Gasteiger partial charge in [-0.3, -0.25) is 4.70 Å². The molecule has 0 spiro atoms. The van der Waals surface area contributed by atoms with Crippen LogP contribution in [-0.4, -0.2) is 14.2 Å². The molecule has 0 heterocycles. The van der Waals surface area contributed by atoms with E-state index in [4.69, 9.17) is 0 Å². The molecular weight excluding hydrogens is 107 g/mol. The molecule has 0 unspecified atom stereocenters. The summed E-state index contributed by atoms with van der Waals surface area (Å²) in [6.45, 7) is 4.36. The maximum absolute atomic E-state index is 4.25. The summed E-state index contributed by atoms with van der Waals surface area (Å²) < 4.78 is 4.25. The van der Waals surface area contributed by atoms with Gasteiger partial charge in [0.2, 0.25) is 0 Å². The van der Waals surface area contributed by atoms with E-state index in [-0.39, 0.29) is 4.70 Å². The van der Waals surface area contributed by atoms with Crippen molar-refractivity contribution in [1.29, 1.82) is 0 Å². The van der Waals surface area contributed by atoms with Gasteiger partial charge in [0.1, 0.15) is 0 Å². The maximum Gasteiger partial charge on any atom is 0.0351 e. The molecule has 0 rings (SSSR count). The van der Waals surface area contributed by atoms with Gasteiger partial charge in [0, 0.05) is 14.2 Å². The van der Waals surface area contributed by atoms with Crippen LogP contribution in [0.4, 0.5) is 4.70 Å². The van der Waals surface area contributed by atoms with Crippen LogP contribution in [0.3, 0.4) is 0 Å². The Bertz CT molecular complexity index is 16.0. The maximum atomic E-state index is 4.25. The van der Waals surface area contributed by atoms with Gasteiger partial charge in [0.25, 0.3) is 0 Å². The Kier molecular flexibility index (Phi) is 56.0. The Morgan fingerprint density at radius 3 is 1.12 bits per heavy atom. The molecule has 0 aromatic rings. The van der Waals surface area contributed by atoms with E-state index in [0.717, 1.165) is 0 Å². The number of halogens is 1. The molecule has 0 bridgehead atoms. The van der Waals surface area contributed by atoms with E-state index in [1.807, 2.05) is 0 Å². The summed E-state index contributed by atoms with van der Waals surface area (Å²) in [5, 5.41) is 0. The van der Waals surface area contributed by atoms with Crippen LogP contribution in [0.15, 0.2) is 0 Å². The summed E-state index contributed by atoms with van der Waals surface area (Å²) in [5.74, 6) is 0. The molecule has 0 aliphatic carbocycles. The Balaban J connectivity index is -0.0000000575. The van der Waals surface area contributed by atoms with Crippen molar-refractivity contribution >= 4 is 0 Å². The van der Waals surface area contributed by atoms with Gasteiger partial charge in [-0.2, -0.15) is 0 Å². The van der Waals surface area contributed by atoms with Gasteiger partial charge in [0.15, 0.2) is 0 Å². The molecule has 0 fully saturated rings. The average molecular weight is 124 g/mol. The van der Waals surface area contributed by atoms with Crippen molar-refractivity contribution in [2.45, 2.75) is 26.7 Å². The lowest BCUT2D eigenvalue weighted by Gasteiger charge is -1.68. The summed E-state index contributed by atoms with van der Waals surface area (Å²) in [4.78, 5) is 0. The molecule has 54 valence electrons. The Morgan fingerprint density at radius 1 is 1.00 bits per heavy atom. The first-order valence-electron chi connectivity index (χ1n) is 2.73. The number of methoxy groups -OCH3 is 1. The van der Waals surface area contributed by atoms with Crippen LogP contribution in [0, 0.1) is 0 Å². The molecule has 0 saturated carbocycles. The van der Waals surface area contributed by atoms with Crippen molar-refractivity contribution in [3.8, 4) is 0 Å². The topological polar surface area (TPSA) is 9.23 Å². The van der Waals surface area contributed by atoms with Gasteiger partial charge in [0.05, 0.1) is 0 Å². The van der Waals surface area contributed by atoms with Crippen LogP contribution < -0.4 is 0 Å². The Labute approximate surface area is 51.4 Å². The van der Waals surface area contributed by atoms with Gasteiger partial charge < -0.3 is 4.74 Å². The first-order chi connectivity index (χ1) is 3.33. The van der Waals surface area contributed by atoms with Crippen molar-refractivity contribution < 1.29 is 9.44 Å². The van der Waals surface area contributed by atoms with Gasteiger partial charge in [-0.15, -0.1) is 0 Å². The smallest absolute Gasteiger partial charge is 0.0351 e. The van der Waals surface area contributed by atoms with Crippen molar-refractivity contribution in [1.82, 2.24) is 0 Å². The highest BCUT2D eigenvalue weighted by molar-refractivity contribution is 4.12. The normalized spacial score (nSPS) is 6.00. The molecular formula is C6H17FO. The van der Waals surface area contributed by atoms with Crippen LogP contribution in [0.25, 0.3) is 0 Å². The van der Waals surface area contributed by atoms with Crippen LogP contribution in [0.2, 0.25) is 0 Å². The molecule has 0 amide bonds. The van der Waals surface area contributed by atoms with Crippen molar-refractivity contribution in [3.63, 3.8) is 0 Å². The first-order valence-corrected chi connectivity index (χ1v) is 2.73. The molecule has 0 aromatic heterocycles. The monoisotopic (exact) mass is 124 g/mol. The highest BCUT2D eigenvalue weighted by atomic mass is 19.0. The minimum atomic E-state index is 0. The minimum Gasteiger partial charge on any atom is -0.388 e. The zero-order valence-electron chi connectivity index (χ0n) is 6.23. The third kappa shape index (κ3) is 178. The van der Waals surface area contributed by atoms with Crippen molar-refractivity contribution in [3.05, 3.63) is 0 Å². The SMILES string of the molecule is CCCC.COC.F. The largest absolute Gasteiger partial charge is 0.388 e. The van der Waals surface area contributed by atoms with E-state index in [1.165, 1.54) is 12.8 Å². The molecule has 0 N–H and O–H groups in total. The molecule has 0 saturated heterocycles. The number of ether oxygens (including phenoxy) is 1. The van der Waals surface area contributed by atoms with Gasteiger partial charge in [-0.25, -0.2) is 0 Å². The standard InChI is InChI=1S/C4H10.C2H6O.FH/c1-3-4-2;1-3-2;/h3-4H2,1-2H3;1-2H3;1H. The van der Waals surface area contributed by atoms with E-state index >= 15 is 0 Å². The predicted molar refractivity (Wildman–Crippen MR) is 36.0 cm³/mol. The van der Waals surface area contributed by atoms with Crippen molar-refractivity contribution in [2.75, 3.05) is 14.2 Å². The van der Waals surface area contributed by atoms with Crippen LogP contribution in [0.1, 0.15) is 26.7 Å². The lowest BCUT2D eigenvalue weighted by atomic mass is 10.4. The lowest BCUT2D eigenvalue weighted by Crippen LogP contribution is -1.55. The minimum absolute atomic E-state index is 0. The molecule has 1 nitrogen and oxygen atoms in total. The number of unbranched alkanes of at least 4 members (excludes halogenated alkanes) is 1. The summed E-state index contributed by atoms with van der Waals surface area (Å²) in [6, 6.07) is 0. The second-order valence-electron chi connectivity index (χ2n) is 1.41. The van der Waals surface area contributed by atoms with E-state index in [0.29, 0.717) is 0 Å². The van der Waals surface area contributed by atoms with Crippen molar-refractivity contribution in [2.24, 2.45) is 0 Å². The highest BCUT2D eigenvalue weighted by Gasteiger charge is 1.56.